The van der Waals surface area contributed by atoms with Gasteiger partial charge in [0.1, 0.15) is 11.6 Å². The molecule has 1 amide bonds. The van der Waals surface area contributed by atoms with Gasteiger partial charge in [0.25, 0.3) is 5.91 Å². The van der Waals surface area contributed by atoms with Crippen molar-refractivity contribution in [1.29, 1.82) is 0 Å². The fourth-order valence-corrected chi connectivity index (χ4v) is 3.47. The Morgan fingerprint density at radius 2 is 1.83 bits per heavy atom. The van der Waals surface area contributed by atoms with Crippen LogP contribution in [0.15, 0.2) is 48.5 Å². The number of benzene rings is 2. The summed E-state index contributed by atoms with van der Waals surface area (Å²) in [6, 6.07) is 12.1. The van der Waals surface area contributed by atoms with Crippen LogP contribution in [0.4, 0.5) is 13.2 Å². The summed E-state index contributed by atoms with van der Waals surface area (Å²) in [6.45, 7) is -2.65. The molecule has 8 heteroatoms. The lowest BCUT2D eigenvalue weighted by molar-refractivity contribution is -0.0498. The maximum Gasteiger partial charge on any atom is 0.387 e. The number of fused-ring (bicyclic) bond motifs is 1. The molecule has 0 radical (unpaired) electrons. The highest BCUT2D eigenvalue weighted by Crippen LogP contribution is 2.28. The lowest BCUT2D eigenvalue weighted by Gasteiger charge is -2.07. The lowest BCUT2D eigenvalue weighted by atomic mass is 10.1. The van der Waals surface area contributed by atoms with Crippen molar-refractivity contribution in [2.75, 3.05) is 0 Å². The molecular formula is C21H18F3N3O2. The van der Waals surface area contributed by atoms with Gasteiger partial charge in [0.05, 0.1) is 5.69 Å². The predicted molar refractivity (Wildman–Crippen MR) is 99.8 cm³/mol. The Kier molecular flexibility index (Phi) is 5.24. The summed E-state index contributed by atoms with van der Waals surface area (Å²) in [5.74, 6) is -0.580. The second kappa shape index (κ2) is 7.98. The Balaban J connectivity index is 1.49. The van der Waals surface area contributed by atoms with Crippen LogP contribution in [0.5, 0.6) is 5.75 Å². The zero-order valence-electron chi connectivity index (χ0n) is 15.4. The fraction of sp³-hybridized carbons (Fsp3) is 0.238. The van der Waals surface area contributed by atoms with Crippen molar-refractivity contribution < 1.29 is 22.7 Å². The number of carbonyl (C=O) groups is 1. The number of halogens is 3. The van der Waals surface area contributed by atoms with Gasteiger partial charge in [-0.05, 0) is 61.2 Å². The van der Waals surface area contributed by atoms with Gasteiger partial charge < -0.3 is 10.1 Å². The maximum atomic E-state index is 13.2. The molecular weight excluding hydrogens is 383 g/mol. The molecule has 0 bridgehead atoms. The topological polar surface area (TPSA) is 56.1 Å². The largest absolute Gasteiger partial charge is 0.435 e. The molecule has 1 N–H and O–H groups in total. The number of hydrogen-bond donors (Lipinski definition) is 1. The third-order valence-electron chi connectivity index (χ3n) is 4.82. The molecule has 1 aliphatic carbocycles. The van der Waals surface area contributed by atoms with Crippen LogP contribution in [0.2, 0.25) is 0 Å². The van der Waals surface area contributed by atoms with Crippen LogP contribution in [0, 0.1) is 5.82 Å². The first kappa shape index (κ1) is 19.0. The van der Waals surface area contributed by atoms with Crippen molar-refractivity contribution in [2.24, 2.45) is 0 Å². The third kappa shape index (κ3) is 4.11. The summed E-state index contributed by atoms with van der Waals surface area (Å²) in [7, 11) is 0. The van der Waals surface area contributed by atoms with Crippen molar-refractivity contribution in [3.8, 4) is 11.4 Å². The Labute approximate surface area is 165 Å². The third-order valence-corrected chi connectivity index (χ3v) is 4.82. The molecule has 150 valence electrons. The van der Waals surface area contributed by atoms with Crippen LogP contribution >= 0.6 is 0 Å². The Morgan fingerprint density at radius 1 is 1.10 bits per heavy atom. The smallest absolute Gasteiger partial charge is 0.387 e. The summed E-state index contributed by atoms with van der Waals surface area (Å²) in [5, 5.41) is 7.28. The lowest BCUT2D eigenvalue weighted by Crippen LogP contribution is -2.24. The van der Waals surface area contributed by atoms with E-state index in [2.05, 4.69) is 15.2 Å². The number of rotatable bonds is 6. The second-order valence-corrected chi connectivity index (χ2v) is 6.72. The van der Waals surface area contributed by atoms with E-state index in [0.717, 1.165) is 36.1 Å². The van der Waals surface area contributed by atoms with E-state index in [-0.39, 0.29) is 24.0 Å². The average molecular weight is 401 g/mol. The normalized spacial score (nSPS) is 12.8. The van der Waals surface area contributed by atoms with Crippen LogP contribution < -0.4 is 10.1 Å². The molecule has 29 heavy (non-hydrogen) atoms. The first-order chi connectivity index (χ1) is 14.0. The molecule has 0 aliphatic heterocycles. The van der Waals surface area contributed by atoms with E-state index in [0.29, 0.717) is 11.4 Å². The first-order valence-corrected chi connectivity index (χ1v) is 9.20. The Hall–Kier alpha value is -3.29. The van der Waals surface area contributed by atoms with Crippen molar-refractivity contribution in [2.45, 2.75) is 32.4 Å². The minimum Gasteiger partial charge on any atom is -0.435 e. The van der Waals surface area contributed by atoms with Gasteiger partial charge in [-0.25, -0.2) is 9.07 Å². The summed E-state index contributed by atoms with van der Waals surface area (Å²) < 4.78 is 43.6. The number of carbonyl (C=O) groups excluding carboxylic acids is 1. The highest BCUT2D eigenvalue weighted by atomic mass is 19.3. The molecule has 0 spiro atoms. The van der Waals surface area contributed by atoms with Crippen molar-refractivity contribution in [3.05, 3.63) is 76.9 Å². The van der Waals surface area contributed by atoms with Gasteiger partial charge in [-0.2, -0.15) is 13.9 Å². The number of nitrogens with one attached hydrogen (secondary N) is 1. The maximum absolute atomic E-state index is 13.2. The molecule has 1 heterocycles. The standard InChI is InChI=1S/C21H18F3N3O2/c22-14-6-8-15(9-7-14)27-18-3-1-2-17(18)19(26-27)20(28)25-12-13-4-10-16(11-5-13)29-21(23)24/h4-11,21H,1-3,12H2,(H,25,28). The van der Waals surface area contributed by atoms with E-state index in [9.17, 15) is 18.0 Å². The fourth-order valence-electron chi connectivity index (χ4n) is 3.47. The highest BCUT2D eigenvalue weighted by Gasteiger charge is 2.26. The summed E-state index contributed by atoms with van der Waals surface area (Å²) >= 11 is 0. The SMILES string of the molecule is O=C(NCc1ccc(OC(F)F)cc1)c1nn(-c2ccc(F)cc2)c2c1CCC2. The van der Waals surface area contributed by atoms with Gasteiger partial charge in [-0.1, -0.05) is 12.1 Å². The molecule has 1 aliphatic rings. The van der Waals surface area contributed by atoms with E-state index >= 15 is 0 Å². The van der Waals surface area contributed by atoms with Crippen molar-refractivity contribution >= 4 is 5.91 Å². The van der Waals surface area contributed by atoms with E-state index in [4.69, 9.17) is 0 Å². The summed E-state index contributed by atoms with van der Waals surface area (Å²) in [4.78, 5) is 12.7. The summed E-state index contributed by atoms with van der Waals surface area (Å²) in [5.41, 5.74) is 3.69. The molecule has 3 aromatic rings. The van der Waals surface area contributed by atoms with Gasteiger partial charge in [0.15, 0.2) is 5.69 Å². The number of alkyl halides is 2. The van der Waals surface area contributed by atoms with Gasteiger partial charge in [0.2, 0.25) is 0 Å². The van der Waals surface area contributed by atoms with Crippen LogP contribution in [0.3, 0.4) is 0 Å². The van der Waals surface area contributed by atoms with Crippen LogP contribution in [-0.2, 0) is 19.4 Å². The van der Waals surface area contributed by atoms with Crippen LogP contribution in [0.25, 0.3) is 5.69 Å². The molecule has 0 atom stereocenters. The van der Waals surface area contributed by atoms with Crippen molar-refractivity contribution in [1.82, 2.24) is 15.1 Å². The first-order valence-electron chi connectivity index (χ1n) is 9.20. The predicted octanol–water partition coefficient (Wildman–Crippen LogP) is 4.03. The average Bonchev–Trinajstić information content (AvgIpc) is 3.30. The molecule has 0 saturated carbocycles. The van der Waals surface area contributed by atoms with E-state index in [1.807, 2.05) is 0 Å². The molecule has 4 rings (SSSR count). The number of ether oxygens (including phenoxy) is 1. The van der Waals surface area contributed by atoms with Crippen LogP contribution in [-0.4, -0.2) is 22.3 Å². The Bertz CT molecular complexity index is 1010. The zero-order valence-corrected chi connectivity index (χ0v) is 15.4. The van der Waals surface area contributed by atoms with E-state index < -0.39 is 6.61 Å². The molecule has 0 unspecified atom stereocenters. The highest BCUT2D eigenvalue weighted by molar-refractivity contribution is 5.94. The quantitative estimate of drug-likeness (QED) is 0.679. The number of amides is 1. The molecule has 1 aromatic heterocycles. The minimum atomic E-state index is -2.88. The van der Waals surface area contributed by atoms with Crippen LogP contribution in [0.1, 0.15) is 33.7 Å². The van der Waals surface area contributed by atoms with E-state index in [1.165, 1.54) is 24.3 Å². The van der Waals surface area contributed by atoms with Crippen molar-refractivity contribution in [3.63, 3.8) is 0 Å². The monoisotopic (exact) mass is 401 g/mol. The van der Waals surface area contributed by atoms with Gasteiger partial charge >= 0.3 is 6.61 Å². The molecule has 0 fully saturated rings. The van der Waals surface area contributed by atoms with Gasteiger partial charge in [0, 0.05) is 17.8 Å². The van der Waals surface area contributed by atoms with Gasteiger partial charge in [-0.15, -0.1) is 0 Å². The summed E-state index contributed by atoms with van der Waals surface area (Å²) in [6.07, 6.45) is 2.50. The van der Waals surface area contributed by atoms with Gasteiger partial charge in [-0.3, -0.25) is 4.79 Å². The second-order valence-electron chi connectivity index (χ2n) is 6.72. The molecule has 0 saturated heterocycles. The van der Waals surface area contributed by atoms with E-state index in [1.54, 1.807) is 28.9 Å². The minimum absolute atomic E-state index is 0.0611. The number of aromatic nitrogens is 2. The number of nitrogens with zero attached hydrogens (tertiary/aromatic N) is 2. The molecule has 2 aromatic carbocycles. The number of hydrogen-bond acceptors (Lipinski definition) is 3. The molecule has 5 nitrogen and oxygen atoms in total. The zero-order chi connectivity index (χ0) is 20.4. The Morgan fingerprint density at radius 3 is 2.52 bits per heavy atom.